The third-order valence-corrected chi connectivity index (χ3v) is 5.37. The molecule has 0 N–H and O–H groups in total. The number of anilines is 1. The van der Waals surface area contributed by atoms with E-state index < -0.39 is 12.8 Å². The molecule has 1 aromatic heterocycles. The molecule has 0 amide bonds. The van der Waals surface area contributed by atoms with Crippen LogP contribution in [0.3, 0.4) is 0 Å². The maximum Gasteiger partial charge on any atom is 0.150 e. The second-order valence-corrected chi connectivity index (χ2v) is 7.57. The fraction of sp³-hybridized carbons (Fsp3) is 0.423. The molecule has 0 spiro atoms. The smallest absolute Gasteiger partial charge is 0.150 e. The van der Waals surface area contributed by atoms with Gasteiger partial charge in [0.25, 0.3) is 0 Å². The summed E-state index contributed by atoms with van der Waals surface area (Å²) in [6, 6.07) is 18.2. The number of rotatable bonds is 12. The van der Waals surface area contributed by atoms with Crippen LogP contribution in [0.15, 0.2) is 54.6 Å². The van der Waals surface area contributed by atoms with Crippen LogP contribution in [0.5, 0.6) is 5.75 Å². The zero-order valence-corrected chi connectivity index (χ0v) is 18.8. The van der Waals surface area contributed by atoms with Gasteiger partial charge in [0.15, 0.2) is 6.10 Å². The molecule has 0 aliphatic heterocycles. The number of nitrogens with zero attached hydrogens (tertiary/aromatic N) is 2. The summed E-state index contributed by atoms with van der Waals surface area (Å²) < 4.78 is 25.4. The fourth-order valence-electron chi connectivity index (χ4n) is 3.56. The molecule has 1 atom stereocenters. The topological polar surface area (TPSA) is 34.6 Å². The first kappa shape index (κ1) is 23.0. The van der Waals surface area contributed by atoms with Gasteiger partial charge < -0.3 is 14.4 Å². The molecule has 1 unspecified atom stereocenters. The second-order valence-electron chi connectivity index (χ2n) is 7.57. The summed E-state index contributed by atoms with van der Waals surface area (Å²) in [5, 5.41) is 0.963. The minimum absolute atomic E-state index is 0.226. The van der Waals surface area contributed by atoms with Crippen LogP contribution < -0.4 is 9.64 Å². The molecule has 0 saturated heterocycles. The summed E-state index contributed by atoms with van der Waals surface area (Å²) in [5.74, 6) is 0.580. The van der Waals surface area contributed by atoms with Crippen molar-refractivity contribution < 1.29 is 13.9 Å². The zero-order valence-electron chi connectivity index (χ0n) is 18.8. The average molecular weight is 425 g/mol. The fourth-order valence-corrected chi connectivity index (χ4v) is 3.56. The molecule has 3 aromatic rings. The van der Waals surface area contributed by atoms with Gasteiger partial charge in [0.1, 0.15) is 18.1 Å². The highest BCUT2D eigenvalue weighted by Crippen LogP contribution is 2.33. The number of aromatic nitrogens is 1. The standard InChI is InChI=1S/C26H33FN2O2/c1-4-7-16-30-19-23(18-27)31-25-17-21-10-8-9-11-24(21)28-26(25)20-12-14-22(15-13-20)29(5-2)6-3/h8-15,17,23H,4-7,16,18-19H2,1-3H3. The molecular weight excluding hydrogens is 391 g/mol. The van der Waals surface area contributed by atoms with Crippen LogP contribution in [-0.4, -0.2) is 44.1 Å². The van der Waals surface area contributed by atoms with E-state index in [9.17, 15) is 4.39 Å². The van der Waals surface area contributed by atoms with Gasteiger partial charge in [0.2, 0.25) is 0 Å². The highest BCUT2D eigenvalue weighted by molar-refractivity contribution is 5.85. The van der Waals surface area contributed by atoms with Crippen LogP contribution in [0.1, 0.15) is 33.6 Å². The van der Waals surface area contributed by atoms with Crippen molar-refractivity contribution in [2.24, 2.45) is 0 Å². The summed E-state index contributed by atoms with van der Waals surface area (Å²) in [5.41, 5.74) is 3.72. The Labute approximate surface area is 185 Å². The third-order valence-electron chi connectivity index (χ3n) is 5.37. The number of ether oxygens (including phenoxy) is 2. The Kier molecular flexibility index (Phi) is 8.65. The van der Waals surface area contributed by atoms with E-state index in [2.05, 4.69) is 49.9 Å². The van der Waals surface area contributed by atoms with Gasteiger partial charge in [0, 0.05) is 36.3 Å². The lowest BCUT2D eigenvalue weighted by Crippen LogP contribution is -2.26. The van der Waals surface area contributed by atoms with Crippen molar-refractivity contribution in [3.8, 4) is 17.0 Å². The molecule has 0 bridgehead atoms. The zero-order chi connectivity index (χ0) is 22.1. The summed E-state index contributed by atoms with van der Waals surface area (Å²) in [7, 11) is 0. The first-order valence-corrected chi connectivity index (χ1v) is 11.3. The average Bonchev–Trinajstić information content (AvgIpc) is 2.82. The van der Waals surface area contributed by atoms with Gasteiger partial charge in [-0.3, -0.25) is 0 Å². The van der Waals surface area contributed by atoms with E-state index in [1.54, 1.807) is 0 Å². The number of alkyl halides is 1. The summed E-state index contributed by atoms with van der Waals surface area (Å²) in [6.45, 7) is 8.53. The van der Waals surface area contributed by atoms with E-state index >= 15 is 0 Å². The number of hydrogen-bond acceptors (Lipinski definition) is 4. The van der Waals surface area contributed by atoms with Crippen molar-refractivity contribution in [1.82, 2.24) is 4.98 Å². The molecule has 5 heteroatoms. The number of unbranched alkanes of at least 4 members (excludes halogenated alkanes) is 1. The predicted molar refractivity (Wildman–Crippen MR) is 127 cm³/mol. The Hall–Kier alpha value is -2.66. The van der Waals surface area contributed by atoms with Crippen LogP contribution in [0.4, 0.5) is 10.1 Å². The minimum atomic E-state index is -0.659. The SMILES string of the molecule is CCCCOCC(CF)Oc1cc2ccccc2nc1-c1ccc(N(CC)CC)cc1. The summed E-state index contributed by atoms with van der Waals surface area (Å²) in [4.78, 5) is 7.15. The van der Waals surface area contributed by atoms with Gasteiger partial charge >= 0.3 is 0 Å². The summed E-state index contributed by atoms with van der Waals surface area (Å²) in [6.07, 6.45) is 1.35. The lowest BCUT2D eigenvalue weighted by Gasteiger charge is -2.22. The molecule has 166 valence electrons. The molecule has 1 heterocycles. The number of benzene rings is 2. The number of hydrogen-bond donors (Lipinski definition) is 0. The van der Waals surface area contributed by atoms with Crippen LogP contribution in [-0.2, 0) is 4.74 Å². The van der Waals surface area contributed by atoms with Gasteiger partial charge in [-0.25, -0.2) is 9.37 Å². The van der Waals surface area contributed by atoms with Gasteiger partial charge in [0.05, 0.1) is 12.1 Å². The number of halogens is 1. The number of fused-ring (bicyclic) bond motifs is 1. The number of para-hydroxylation sites is 1. The molecule has 4 nitrogen and oxygen atoms in total. The Morgan fingerprint density at radius 2 is 1.74 bits per heavy atom. The van der Waals surface area contributed by atoms with Crippen LogP contribution in [0, 0.1) is 0 Å². The van der Waals surface area contributed by atoms with Gasteiger partial charge in [-0.1, -0.05) is 43.7 Å². The third kappa shape index (κ3) is 5.95. The lowest BCUT2D eigenvalue weighted by molar-refractivity contribution is 0.0369. The molecule has 0 saturated carbocycles. The predicted octanol–water partition coefficient (Wildman–Crippen LogP) is 6.28. The maximum absolute atomic E-state index is 13.7. The van der Waals surface area contributed by atoms with Crippen molar-refractivity contribution >= 4 is 16.6 Å². The highest BCUT2D eigenvalue weighted by atomic mass is 19.1. The molecule has 0 aliphatic rings. The molecule has 31 heavy (non-hydrogen) atoms. The van der Waals surface area contributed by atoms with Crippen molar-refractivity contribution in [2.75, 3.05) is 37.9 Å². The quantitative estimate of drug-likeness (QED) is 0.320. The van der Waals surface area contributed by atoms with E-state index in [1.165, 1.54) is 5.69 Å². The van der Waals surface area contributed by atoms with Crippen LogP contribution >= 0.6 is 0 Å². The first-order valence-electron chi connectivity index (χ1n) is 11.3. The van der Waals surface area contributed by atoms with Crippen molar-refractivity contribution in [3.63, 3.8) is 0 Å². The summed E-state index contributed by atoms with van der Waals surface area (Å²) >= 11 is 0. The van der Waals surface area contributed by atoms with Gasteiger partial charge in [-0.2, -0.15) is 0 Å². The molecular formula is C26H33FN2O2. The maximum atomic E-state index is 13.7. The van der Waals surface area contributed by atoms with Crippen molar-refractivity contribution in [1.29, 1.82) is 0 Å². The Balaban J connectivity index is 1.92. The Morgan fingerprint density at radius 3 is 2.42 bits per heavy atom. The van der Waals surface area contributed by atoms with Crippen LogP contribution in [0.2, 0.25) is 0 Å². The van der Waals surface area contributed by atoms with E-state index in [0.717, 1.165) is 48.1 Å². The monoisotopic (exact) mass is 424 g/mol. The van der Waals surface area contributed by atoms with Gasteiger partial charge in [-0.15, -0.1) is 0 Å². The van der Waals surface area contributed by atoms with E-state index in [4.69, 9.17) is 14.5 Å². The van der Waals surface area contributed by atoms with E-state index in [0.29, 0.717) is 12.4 Å². The largest absolute Gasteiger partial charge is 0.483 e. The second kappa shape index (κ2) is 11.7. The molecule has 2 aromatic carbocycles. The molecule has 0 radical (unpaired) electrons. The number of pyridine rings is 1. The highest BCUT2D eigenvalue weighted by Gasteiger charge is 2.17. The van der Waals surface area contributed by atoms with Crippen LogP contribution in [0.25, 0.3) is 22.2 Å². The van der Waals surface area contributed by atoms with Gasteiger partial charge in [-0.05, 0) is 44.5 Å². The normalized spacial score (nSPS) is 12.1. The Morgan fingerprint density at radius 1 is 1.00 bits per heavy atom. The molecule has 0 aliphatic carbocycles. The minimum Gasteiger partial charge on any atom is -0.483 e. The van der Waals surface area contributed by atoms with Crippen molar-refractivity contribution in [3.05, 3.63) is 54.6 Å². The van der Waals surface area contributed by atoms with E-state index in [1.807, 2.05) is 30.3 Å². The lowest BCUT2D eigenvalue weighted by atomic mass is 10.1. The Bertz CT molecular complexity index is 942. The molecule has 0 fully saturated rings. The van der Waals surface area contributed by atoms with Crippen molar-refractivity contribution in [2.45, 2.75) is 39.7 Å². The van der Waals surface area contributed by atoms with E-state index in [-0.39, 0.29) is 6.61 Å². The first-order chi connectivity index (χ1) is 15.2. The molecule has 3 rings (SSSR count).